The Morgan fingerprint density at radius 3 is 1.38 bits per heavy atom. The van der Waals surface area contributed by atoms with Crippen LogP contribution in [0.15, 0.2) is 97.2 Å². The Balaban J connectivity index is 1.48. The molecule has 446 valence electrons. The highest BCUT2D eigenvalue weighted by molar-refractivity contribution is 5.76. The molecule has 3 rings (SSSR count). The number of amides is 1. The molecule has 3 saturated heterocycles. The fourth-order valence-corrected chi connectivity index (χ4v) is 8.96. The summed E-state index contributed by atoms with van der Waals surface area (Å²) >= 11 is 0. The van der Waals surface area contributed by atoms with Crippen molar-refractivity contribution in [1.29, 1.82) is 0 Å². The van der Waals surface area contributed by atoms with Gasteiger partial charge in [0.15, 0.2) is 18.9 Å². The fourth-order valence-electron chi connectivity index (χ4n) is 8.96. The van der Waals surface area contributed by atoms with Gasteiger partial charge >= 0.3 is 0 Å². The van der Waals surface area contributed by atoms with Crippen LogP contribution < -0.4 is 5.32 Å². The number of rotatable bonds is 39. The summed E-state index contributed by atoms with van der Waals surface area (Å²) in [6.07, 6.45) is 24.1. The molecule has 0 aromatic rings. The van der Waals surface area contributed by atoms with Crippen LogP contribution in [0.4, 0.5) is 0 Å². The molecule has 19 nitrogen and oxygen atoms in total. The Hall–Kier alpha value is -3.29. The highest BCUT2D eigenvalue weighted by Crippen LogP contribution is 2.33. The van der Waals surface area contributed by atoms with Crippen LogP contribution in [0.5, 0.6) is 0 Å². The van der Waals surface area contributed by atoms with Crippen LogP contribution in [-0.4, -0.2) is 193 Å². The quantitative estimate of drug-likeness (QED) is 0.0303. The first-order valence-electron chi connectivity index (χ1n) is 28.5. The zero-order chi connectivity index (χ0) is 56.9. The zero-order valence-corrected chi connectivity index (χ0v) is 46.1. The first kappa shape index (κ1) is 69.0. The van der Waals surface area contributed by atoms with E-state index < -0.39 is 124 Å². The van der Waals surface area contributed by atoms with Crippen molar-refractivity contribution in [3.05, 3.63) is 97.2 Å². The molecule has 3 aliphatic heterocycles. The molecule has 0 radical (unpaired) electrons. The van der Waals surface area contributed by atoms with E-state index in [2.05, 4.69) is 104 Å². The average Bonchev–Trinajstić information content (AvgIpc) is 3.49. The van der Waals surface area contributed by atoms with Crippen molar-refractivity contribution in [2.75, 3.05) is 26.4 Å². The molecule has 3 aliphatic rings. The van der Waals surface area contributed by atoms with Gasteiger partial charge in [0.05, 0.1) is 38.6 Å². The highest BCUT2D eigenvalue weighted by Gasteiger charge is 2.53. The summed E-state index contributed by atoms with van der Waals surface area (Å²) in [6.45, 7) is 1.40. The third-order valence-electron chi connectivity index (χ3n) is 13.6. The van der Waals surface area contributed by atoms with Crippen LogP contribution >= 0.6 is 0 Å². The van der Waals surface area contributed by atoms with E-state index in [-0.39, 0.29) is 18.9 Å². The maximum Gasteiger partial charge on any atom is 0.220 e. The lowest BCUT2D eigenvalue weighted by atomic mass is 9.96. The Morgan fingerprint density at radius 1 is 0.462 bits per heavy atom. The van der Waals surface area contributed by atoms with Crippen LogP contribution in [0.2, 0.25) is 0 Å². The summed E-state index contributed by atoms with van der Waals surface area (Å²) in [6, 6.07) is -1.01. The number of hydrogen-bond donors (Lipinski definition) is 12. The van der Waals surface area contributed by atoms with Crippen molar-refractivity contribution in [1.82, 2.24) is 5.32 Å². The molecule has 17 atom stereocenters. The molecule has 0 aromatic carbocycles. The molecule has 78 heavy (non-hydrogen) atoms. The van der Waals surface area contributed by atoms with Crippen LogP contribution in [0.3, 0.4) is 0 Å². The third-order valence-corrected chi connectivity index (χ3v) is 13.6. The van der Waals surface area contributed by atoms with Crippen molar-refractivity contribution in [2.45, 2.75) is 240 Å². The molecule has 1 amide bonds. The highest BCUT2D eigenvalue weighted by atomic mass is 16.8. The minimum atomic E-state index is -1.99. The second-order valence-corrected chi connectivity index (χ2v) is 20.0. The third kappa shape index (κ3) is 25.7. The smallest absolute Gasteiger partial charge is 0.220 e. The molecule has 19 heteroatoms. The summed E-state index contributed by atoms with van der Waals surface area (Å²) in [7, 11) is 0. The summed E-state index contributed by atoms with van der Waals surface area (Å²) in [5, 5.41) is 120. The van der Waals surface area contributed by atoms with E-state index in [0.29, 0.717) is 12.8 Å². The van der Waals surface area contributed by atoms with Gasteiger partial charge in [-0.15, -0.1) is 0 Å². The molecular formula is C59H97NO18. The first-order valence-corrected chi connectivity index (χ1v) is 28.5. The number of nitrogens with one attached hydrogen (secondary N) is 1. The van der Waals surface area contributed by atoms with Crippen molar-refractivity contribution < 1.29 is 89.4 Å². The van der Waals surface area contributed by atoms with Gasteiger partial charge in [-0.05, 0) is 83.5 Å². The van der Waals surface area contributed by atoms with Crippen LogP contribution in [0.1, 0.15) is 136 Å². The van der Waals surface area contributed by atoms with Gasteiger partial charge in [-0.3, -0.25) is 4.79 Å². The monoisotopic (exact) mass is 1110 g/mol. The van der Waals surface area contributed by atoms with E-state index in [1.807, 2.05) is 0 Å². The normalized spacial score (nSPS) is 31.2. The molecule has 3 heterocycles. The van der Waals surface area contributed by atoms with E-state index in [9.17, 15) is 61.0 Å². The summed E-state index contributed by atoms with van der Waals surface area (Å²) in [5.41, 5.74) is 0. The van der Waals surface area contributed by atoms with Crippen LogP contribution in [0, 0.1) is 0 Å². The number of carbonyl (C=O) groups is 1. The van der Waals surface area contributed by atoms with Crippen LogP contribution in [0.25, 0.3) is 0 Å². The lowest BCUT2D eigenvalue weighted by molar-refractivity contribution is -0.379. The fraction of sp³-hybridized carbons (Fsp3) is 0.712. The van der Waals surface area contributed by atoms with Gasteiger partial charge in [0.25, 0.3) is 0 Å². The van der Waals surface area contributed by atoms with E-state index >= 15 is 0 Å². The van der Waals surface area contributed by atoms with Gasteiger partial charge in [-0.25, -0.2) is 0 Å². The minimum Gasteiger partial charge on any atom is -0.394 e. The maximum absolute atomic E-state index is 13.3. The van der Waals surface area contributed by atoms with Gasteiger partial charge in [-0.2, -0.15) is 0 Å². The Kier molecular flexibility index (Phi) is 36.8. The number of ether oxygens (including phenoxy) is 6. The van der Waals surface area contributed by atoms with Crippen molar-refractivity contribution in [2.24, 2.45) is 0 Å². The van der Waals surface area contributed by atoms with Crippen LogP contribution in [-0.2, 0) is 33.2 Å². The second-order valence-electron chi connectivity index (χ2n) is 20.0. The molecular weight excluding hydrogens is 1010 g/mol. The summed E-state index contributed by atoms with van der Waals surface area (Å²) in [5.74, 6) is -0.310. The van der Waals surface area contributed by atoms with Crippen molar-refractivity contribution >= 4 is 5.91 Å². The largest absolute Gasteiger partial charge is 0.394 e. The maximum atomic E-state index is 13.3. The Labute approximate surface area is 463 Å². The zero-order valence-electron chi connectivity index (χ0n) is 46.1. The number of allylic oxidation sites excluding steroid dienone is 15. The van der Waals surface area contributed by atoms with Gasteiger partial charge < -0.3 is 89.9 Å². The number of aliphatic hydroxyl groups is 11. The standard InChI is InChI=1S/C59H97NO18/c1-3-5-7-9-11-13-15-16-17-18-19-20-21-22-23-24-25-26-27-29-31-33-35-37-47(65)60-42(43(64)36-34-32-30-28-14-12-10-8-6-4-2)41-73-57-53(71)50(68)55(45(39-62)75-57)78-59-54(72)51(69)56(46(40-63)76-59)77-58-52(70)49(67)48(66)44(38-61)74-58/h5-8,11,13-14,16-17,19-20,22-23,28,34,36,42-46,48-59,61-64,66-72H,3-4,9-10,12,15,18,21,24-27,29-33,35,37-41H2,1-2H3,(H,60,65)/b7-5-,8-6+,13-11-,17-16-,20-19-,23-22-,28-14+,36-34+. The summed E-state index contributed by atoms with van der Waals surface area (Å²) in [4.78, 5) is 13.3. The van der Waals surface area contributed by atoms with Gasteiger partial charge in [0.2, 0.25) is 5.91 Å². The minimum absolute atomic E-state index is 0.212. The molecule has 3 fully saturated rings. The Morgan fingerprint density at radius 2 is 0.859 bits per heavy atom. The number of hydrogen-bond acceptors (Lipinski definition) is 18. The van der Waals surface area contributed by atoms with Gasteiger partial charge in [-0.1, -0.05) is 143 Å². The van der Waals surface area contributed by atoms with E-state index in [0.717, 1.165) is 103 Å². The lowest BCUT2D eigenvalue weighted by Gasteiger charge is -2.48. The number of carbonyl (C=O) groups excluding carboxylic acids is 1. The van der Waals surface area contributed by atoms with Crippen molar-refractivity contribution in [3.8, 4) is 0 Å². The van der Waals surface area contributed by atoms with E-state index in [1.165, 1.54) is 0 Å². The topological polar surface area (TPSA) is 307 Å². The SMILES string of the molecule is CC/C=C\C/C=C\C/C=C\C/C=C\C/C=C\CCCCCCCCCC(=O)NC(COC1OC(CO)C(OC2OC(CO)C(OC3OC(CO)C(O)C(O)C3O)C(O)C2O)C(O)C1O)C(O)/C=C/CC/C=C/CC/C=C/CC. The van der Waals surface area contributed by atoms with E-state index in [1.54, 1.807) is 12.2 Å². The predicted octanol–water partition coefficient (Wildman–Crippen LogP) is 4.20. The summed E-state index contributed by atoms with van der Waals surface area (Å²) < 4.78 is 34.1. The van der Waals surface area contributed by atoms with Gasteiger partial charge in [0, 0.05) is 6.42 Å². The predicted molar refractivity (Wildman–Crippen MR) is 295 cm³/mol. The van der Waals surface area contributed by atoms with Gasteiger partial charge in [0.1, 0.15) is 73.2 Å². The lowest BCUT2D eigenvalue weighted by Crippen LogP contribution is -2.66. The number of aliphatic hydroxyl groups excluding tert-OH is 11. The van der Waals surface area contributed by atoms with Crippen molar-refractivity contribution in [3.63, 3.8) is 0 Å². The molecule has 0 aromatic heterocycles. The molecule has 17 unspecified atom stereocenters. The number of unbranched alkanes of at least 4 members (excludes halogenated alkanes) is 9. The Bertz CT molecular complexity index is 1800. The average molecular weight is 1110 g/mol. The molecule has 0 bridgehead atoms. The molecule has 0 saturated carbocycles. The first-order chi connectivity index (χ1) is 37.8. The molecule has 0 aliphatic carbocycles. The second kappa shape index (κ2) is 41.7. The molecule has 0 spiro atoms. The van der Waals surface area contributed by atoms with E-state index in [4.69, 9.17) is 28.4 Å². The molecule has 12 N–H and O–H groups in total.